The molecule has 0 aromatic carbocycles. The summed E-state index contributed by atoms with van der Waals surface area (Å²) in [6.07, 6.45) is 4.82. The third-order valence-corrected chi connectivity index (χ3v) is 1.57. The molecular weight excluding hydrogens is 166 g/mol. The molecule has 11 heavy (non-hydrogen) atoms. The van der Waals surface area contributed by atoms with E-state index in [1.165, 1.54) is 0 Å². The zero-order valence-electron chi connectivity index (χ0n) is 6.41. The molecule has 4 heteroatoms. The fraction of sp³-hybridized carbons (Fsp3) is 0.571. The predicted molar refractivity (Wildman–Crippen MR) is 45.4 cm³/mol. The number of rotatable bonds is 1. The molecule has 1 N–H and O–H groups in total. The largest absolute Gasteiger partial charge is 0.495 e. The first kappa shape index (κ1) is 10.3. The zero-order chi connectivity index (χ0) is 7.40. The molecule has 0 fully saturated rings. The summed E-state index contributed by atoms with van der Waals surface area (Å²) in [6, 6.07) is 0. The van der Waals surface area contributed by atoms with E-state index in [9.17, 15) is 0 Å². The van der Waals surface area contributed by atoms with E-state index in [1.807, 2.05) is 6.08 Å². The van der Waals surface area contributed by atoms with Crippen molar-refractivity contribution in [3.05, 3.63) is 11.8 Å². The van der Waals surface area contributed by atoms with E-state index < -0.39 is 0 Å². The van der Waals surface area contributed by atoms with Crippen molar-refractivity contribution in [2.24, 2.45) is 5.16 Å². The molecule has 0 saturated heterocycles. The highest BCUT2D eigenvalue weighted by Gasteiger charge is 2.11. The number of ether oxygens (including phenoxy) is 1. The summed E-state index contributed by atoms with van der Waals surface area (Å²) in [5.74, 6) is 0.716. The number of nitrogens with zero attached hydrogens (tertiary/aromatic N) is 1. The molecule has 1 rings (SSSR count). The van der Waals surface area contributed by atoms with Gasteiger partial charge in [0.1, 0.15) is 11.5 Å². The molecule has 0 bridgehead atoms. The molecule has 0 aliphatic heterocycles. The van der Waals surface area contributed by atoms with Crippen LogP contribution in [0.1, 0.15) is 19.3 Å². The topological polar surface area (TPSA) is 41.8 Å². The minimum absolute atomic E-state index is 0. The van der Waals surface area contributed by atoms with E-state index >= 15 is 0 Å². The molecule has 1 aliphatic carbocycles. The van der Waals surface area contributed by atoms with Crippen LogP contribution in [0, 0.1) is 0 Å². The van der Waals surface area contributed by atoms with Gasteiger partial charge >= 0.3 is 0 Å². The molecule has 64 valence electrons. The lowest BCUT2D eigenvalue weighted by molar-refractivity contribution is 0.289. The summed E-state index contributed by atoms with van der Waals surface area (Å²) in [7, 11) is 1.59. The van der Waals surface area contributed by atoms with Crippen molar-refractivity contribution in [1.82, 2.24) is 0 Å². The Labute approximate surface area is 72.1 Å². The van der Waals surface area contributed by atoms with Crippen LogP contribution in [0.2, 0.25) is 0 Å². The summed E-state index contributed by atoms with van der Waals surface area (Å²) in [5, 5.41) is 11.6. The Bertz CT molecular complexity index is 177. The third-order valence-electron chi connectivity index (χ3n) is 1.57. The molecule has 1 aliphatic rings. The number of hydrogen-bond acceptors (Lipinski definition) is 3. The predicted octanol–water partition coefficient (Wildman–Crippen LogP) is 1.95. The monoisotopic (exact) mass is 177 g/mol. The molecule has 0 amide bonds. The van der Waals surface area contributed by atoms with Gasteiger partial charge in [0.15, 0.2) is 0 Å². The molecule has 0 aromatic rings. The third kappa shape index (κ3) is 2.42. The lowest BCUT2D eigenvalue weighted by atomic mass is 10.0. The van der Waals surface area contributed by atoms with E-state index in [2.05, 4.69) is 5.16 Å². The summed E-state index contributed by atoms with van der Waals surface area (Å²) in [5.41, 5.74) is 0.661. The van der Waals surface area contributed by atoms with Gasteiger partial charge in [-0.15, -0.1) is 12.4 Å². The van der Waals surface area contributed by atoms with Crippen LogP contribution in [0.3, 0.4) is 0 Å². The van der Waals surface area contributed by atoms with Crippen molar-refractivity contribution in [3.8, 4) is 0 Å². The summed E-state index contributed by atoms with van der Waals surface area (Å²) < 4.78 is 4.96. The maximum Gasteiger partial charge on any atom is 0.139 e. The fourth-order valence-electron chi connectivity index (χ4n) is 1.04. The lowest BCUT2D eigenvalue weighted by Gasteiger charge is -2.11. The van der Waals surface area contributed by atoms with Gasteiger partial charge in [-0.2, -0.15) is 0 Å². The van der Waals surface area contributed by atoms with Crippen molar-refractivity contribution in [2.75, 3.05) is 7.11 Å². The van der Waals surface area contributed by atoms with Crippen LogP contribution in [0.4, 0.5) is 0 Å². The van der Waals surface area contributed by atoms with E-state index in [1.54, 1.807) is 7.11 Å². The SMILES string of the molecule is COC1=CCCCC1=NO.Cl. The Morgan fingerprint density at radius 2 is 2.36 bits per heavy atom. The van der Waals surface area contributed by atoms with E-state index in [0.29, 0.717) is 11.5 Å². The van der Waals surface area contributed by atoms with Gasteiger partial charge in [-0.25, -0.2) is 0 Å². The number of oxime groups is 1. The van der Waals surface area contributed by atoms with Crippen LogP contribution >= 0.6 is 12.4 Å². The van der Waals surface area contributed by atoms with Gasteiger partial charge in [-0.1, -0.05) is 5.16 Å². The molecule has 0 radical (unpaired) electrons. The normalized spacial score (nSPS) is 20.5. The van der Waals surface area contributed by atoms with Crippen LogP contribution in [0.25, 0.3) is 0 Å². The van der Waals surface area contributed by atoms with Gasteiger partial charge in [0.2, 0.25) is 0 Å². The van der Waals surface area contributed by atoms with Gasteiger partial charge in [-0.05, 0) is 25.3 Å². The quantitative estimate of drug-likeness (QED) is 0.492. The molecule has 3 nitrogen and oxygen atoms in total. The average Bonchev–Trinajstić information content (AvgIpc) is 2.04. The Balaban J connectivity index is 0.000001000. The number of halogens is 1. The smallest absolute Gasteiger partial charge is 0.139 e. The minimum Gasteiger partial charge on any atom is -0.495 e. The van der Waals surface area contributed by atoms with Crippen LogP contribution in [-0.4, -0.2) is 18.0 Å². The molecule has 0 atom stereocenters. The Kier molecular flexibility index (Phi) is 4.70. The first-order valence-electron chi connectivity index (χ1n) is 3.34. The Morgan fingerprint density at radius 1 is 1.64 bits per heavy atom. The van der Waals surface area contributed by atoms with Crippen molar-refractivity contribution >= 4 is 18.1 Å². The summed E-state index contributed by atoms with van der Waals surface area (Å²) >= 11 is 0. The maximum atomic E-state index is 8.46. The minimum atomic E-state index is 0. The van der Waals surface area contributed by atoms with E-state index in [0.717, 1.165) is 19.3 Å². The highest BCUT2D eigenvalue weighted by atomic mass is 35.5. The molecule has 0 heterocycles. The number of allylic oxidation sites excluding steroid dienone is 2. The Hall–Kier alpha value is -0.700. The van der Waals surface area contributed by atoms with Gasteiger partial charge < -0.3 is 9.94 Å². The van der Waals surface area contributed by atoms with Crippen molar-refractivity contribution in [1.29, 1.82) is 0 Å². The van der Waals surface area contributed by atoms with Crippen molar-refractivity contribution in [3.63, 3.8) is 0 Å². The zero-order valence-corrected chi connectivity index (χ0v) is 7.23. The van der Waals surface area contributed by atoms with Crippen LogP contribution in [-0.2, 0) is 4.74 Å². The second kappa shape index (κ2) is 5.02. The number of methoxy groups -OCH3 is 1. The van der Waals surface area contributed by atoms with Crippen molar-refractivity contribution in [2.45, 2.75) is 19.3 Å². The number of hydrogen-bond donors (Lipinski definition) is 1. The molecule has 0 unspecified atom stereocenters. The van der Waals surface area contributed by atoms with Crippen LogP contribution in [0.15, 0.2) is 17.0 Å². The second-order valence-electron chi connectivity index (χ2n) is 2.21. The second-order valence-corrected chi connectivity index (χ2v) is 2.21. The van der Waals surface area contributed by atoms with Gasteiger partial charge in [0.25, 0.3) is 0 Å². The van der Waals surface area contributed by atoms with Gasteiger partial charge in [0, 0.05) is 0 Å². The van der Waals surface area contributed by atoms with Gasteiger partial charge in [-0.3, -0.25) is 0 Å². The standard InChI is InChI=1S/C7H11NO2.ClH/c1-10-7-5-3-2-4-6(7)8-9;/h5,9H,2-4H2,1H3;1H. The molecule has 0 saturated carbocycles. The fourth-order valence-corrected chi connectivity index (χ4v) is 1.04. The van der Waals surface area contributed by atoms with Gasteiger partial charge in [0.05, 0.1) is 7.11 Å². The highest BCUT2D eigenvalue weighted by molar-refractivity contribution is 5.98. The molecule has 0 aromatic heterocycles. The highest BCUT2D eigenvalue weighted by Crippen LogP contribution is 2.15. The first-order chi connectivity index (χ1) is 4.88. The summed E-state index contributed by atoms with van der Waals surface area (Å²) in [4.78, 5) is 0. The van der Waals surface area contributed by atoms with Crippen molar-refractivity contribution < 1.29 is 9.94 Å². The average molecular weight is 178 g/mol. The van der Waals surface area contributed by atoms with E-state index in [-0.39, 0.29) is 12.4 Å². The van der Waals surface area contributed by atoms with Crippen LogP contribution in [0.5, 0.6) is 0 Å². The summed E-state index contributed by atoms with van der Waals surface area (Å²) in [6.45, 7) is 0. The molecular formula is C7H12ClNO2. The first-order valence-corrected chi connectivity index (χ1v) is 3.34. The molecule has 0 spiro atoms. The maximum absolute atomic E-state index is 8.46. The lowest BCUT2D eigenvalue weighted by Crippen LogP contribution is -2.08. The Morgan fingerprint density at radius 3 is 2.82 bits per heavy atom. The van der Waals surface area contributed by atoms with E-state index in [4.69, 9.17) is 9.94 Å². The van der Waals surface area contributed by atoms with Crippen LogP contribution < -0.4 is 0 Å².